The number of rotatable bonds is 74. The monoisotopic (exact) mass is 1380 g/mol. The molecule has 562 valence electrons. The minimum absolute atomic E-state index is 0.0281. The summed E-state index contributed by atoms with van der Waals surface area (Å²) in [6, 6.07) is 0. The van der Waals surface area contributed by atoms with Crippen molar-refractivity contribution in [1.82, 2.24) is 0 Å². The quantitative estimate of drug-likeness (QED) is 0.0211. The summed E-state index contributed by atoms with van der Waals surface area (Å²) < 4.78 is 34.8. The third kappa shape index (κ3) is 80.9. The van der Waals surface area contributed by atoms with Crippen LogP contribution in [-0.4, -0.2) is 74.9 Å². The fourth-order valence-electron chi connectivity index (χ4n) is 11.3. The number of allylic oxidation sites excluding steroid dienone is 24. The molecule has 0 amide bonds. The van der Waals surface area contributed by atoms with Gasteiger partial charge in [-0.25, -0.2) is 4.57 Å². The predicted molar refractivity (Wildman–Crippen MR) is 427 cm³/mol. The van der Waals surface area contributed by atoms with Gasteiger partial charge in [0.1, 0.15) is 19.8 Å². The molecule has 0 heterocycles. The number of phosphoric ester groups is 1. The molecule has 0 aliphatic carbocycles. The minimum Gasteiger partial charge on any atom is -0.462 e. The van der Waals surface area contributed by atoms with Gasteiger partial charge in [0, 0.05) is 12.8 Å². The van der Waals surface area contributed by atoms with Crippen LogP contribution in [-0.2, 0) is 32.7 Å². The molecule has 0 aromatic carbocycles. The van der Waals surface area contributed by atoms with Crippen molar-refractivity contribution in [2.75, 3.05) is 47.5 Å². The van der Waals surface area contributed by atoms with Gasteiger partial charge in [0.15, 0.2) is 6.10 Å². The van der Waals surface area contributed by atoms with Crippen LogP contribution in [0.5, 0.6) is 0 Å². The zero-order chi connectivity index (χ0) is 71.1. The van der Waals surface area contributed by atoms with Crippen LogP contribution < -0.4 is 0 Å². The number of carbonyl (C=O) groups excluding carboxylic acids is 2. The number of esters is 2. The van der Waals surface area contributed by atoms with Gasteiger partial charge in [-0.2, -0.15) is 0 Å². The van der Waals surface area contributed by atoms with E-state index in [2.05, 4.69) is 160 Å². The predicted octanol–water partition coefficient (Wildman–Crippen LogP) is 27.3. The molecule has 98 heavy (non-hydrogen) atoms. The van der Waals surface area contributed by atoms with Crippen LogP contribution >= 0.6 is 7.82 Å². The fourth-order valence-corrected chi connectivity index (χ4v) is 12.0. The lowest BCUT2D eigenvalue weighted by Gasteiger charge is -2.24. The van der Waals surface area contributed by atoms with Crippen LogP contribution in [0.2, 0.25) is 0 Å². The van der Waals surface area contributed by atoms with Gasteiger partial charge in [0.2, 0.25) is 0 Å². The van der Waals surface area contributed by atoms with Gasteiger partial charge in [-0.15, -0.1) is 0 Å². The molecular weight excluding hydrogens is 1230 g/mol. The van der Waals surface area contributed by atoms with Crippen molar-refractivity contribution in [2.24, 2.45) is 0 Å². The van der Waals surface area contributed by atoms with Crippen molar-refractivity contribution < 1.29 is 42.1 Å². The van der Waals surface area contributed by atoms with E-state index in [1.54, 1.807) is 0 Å². The summed E-state index contributed by atoms with van der Waals surface area (Å²) in [4.78, 5) is 36.0. The van der Waals surface area contributed by atoms with Gasteiger partial charge in [-0.3, -0.25) is 18.6 Å². The number of hydrogen-bond acceptors (Lipinski definition) is 7. The Morgan fingerprint density at radius 3 is 0.816 bits per heavy atom. The van der Waals surface area contributed by atoms with Crippen molar-refractivity contribution >= 4 is 19.8 Å². The molecule has 2 unspecified atom stereocenters. The molecule has 0 aromatic rings. The summed E-state index contributed by atoms with van der Waals surface area (Å²) in [5.74, 6) is -0.790. The normalized spacial score (nSPS) is 13.8. The van der Waals surface area contributed by atoms with Crippen LogP contribution in [0.15, 0.2) is 146 Å². The van der Waals surface area contributed by atoms with Gasteiger partial charge < -0.3 is 18.9 Å². The Kier molecular flexibility index (Phi) is 73.8. The molecular formula is C88H153NO8P+. The number of hydrogen-bond donors (Lipinski definition) is 1. The summed E-state index contributed by atoms with van der Waals surface area (Å²) in [5, 5.41) is 0. The maximum absolute atomic E-state index is 12.9. The number of quaternary nitrogens is 1. The molecule has 0 aliphatic heterocycles. The second-order valence-corrected chi connectivity index (χ2v) is 29.5. The first kappa shape index (κ1) is 93.9. The lowest BCUT2D eigenvalue weighted by molar-refractivity contribution is -0.870. The van der Waals surface area contributed by atoms with Crippen molar-refractivity contribution in [2.45, 2.75) is 354 Å². The van der Waals surface area contributed by atoms with E-state index in [9.17, 15) is 19.0 Å². The topological polar surface area (TPSA) is 108 Å². The molecule has 10 heteroatoms. The smallest absolute Gasteiger partial charge is 0.462 e. The highest BCUT2D eigenvalue weighted by atomic mass is 31.2. The van der Waals surface area contributed by atoms with Crippen molar-refractivity contribution in [3.8, 4) is 0 Å². The summed E-state index contributed by atoms with van der Waals surface area (Å²) in [6.07, 6.45) is 114. The second-order valence-electron chi connectivity index (χ2n) is 28.0. The summed E-state index contributed by atoms with van der Waals surface area (Å²) in [6.45, 7) is 4.23. The van der Waals surface area contributed by atoms with E-state index in [1.165, 1.54) is 199 Å². The SMILES string of the molecule is CC/C=C\C/C=C\C/C=C\C/C=C\C/C=C\C/C=C\C/C=C\CCCCCCCCCCCCCCCC(=O)OC(COC(=O)CCCCCCCCCCCCCCCCCCCCCCCCC/C=C\C/C=C\C/C=C\C/C=C\C/C=C\CC)COP(=O)(O)OCC[N+](C)(C)C. The average molecular weight is 1380 g/mol. The Morgan fingerprint density at radius 2 is 0.551 bits per heavy atom. The van der Waals surface area contributed by atoms with Crippen LogP contribution in [0.25, 0.3) is 0 Å². The van der Waals surface area contributed by atoms with Crippen LogP contribution in [0.1, 0.15) is 348 Å². The third-order valence-corrected chi connectivity index (χ3v) is 18.3. The summed E-state index contributed by atoms with van der Waals surface area (Å²) in [7, 11) is 1.48. The lowest BCUT2D eigenvalue weighted by atomic mass is 10.0. The minimum atomic E-state index is -4.40. The standard InChI is InChI=1S/C88H152NO8P/c1-6-8-10-12-14-16-18-20-22-24-26-28-30-32-34-36-38-40-42-43-44-45-47-48-50-52-54-56-58-60-62-64-66-68-70-72-74-76-78-80-87(90)94-84-86(85-96-98(92,93)95-83-82-89(3,4)5)97-88(91)81-79-77-75-73-71-69-67-65-63-61-59-57-55-53-51-49-46-41-39-37-35-33-31-29-27-25-23-21-19-17-15-13-11-9-7-2/h8-11,14-17,20-23,26-29,32-35,39,41,49,51,86H,6-7,12-13,18-19,24-25,30-31,36-38,40,42-48,50,52-85H2,1-5H3/p+1/b10-8-,11-9-,16-14-,17-15-,22-20-,23-21-,28-26-,29-27-,34-32-,35-33-,41-39-,51-49-. The van der Waals surface area contributed by atoms with E-state index in [-0.39, 0.29) is 32.0 Å². The number of nitrogens with zero attached hydrogens (tertiary/aromatic N) is 1. The van der Waals surface area contributed by atoms with Gasteiger partial charge in [-0.1, -0.05) is 365 Å². The van der Waals surface area contributed by atoms with E-state index >= 15 is 0 Å². The number of carbonyl (C=O) groups is 2. The maximum Gasteiger partial charge on any atom is 0.472 e. The van der Waals surface area contributed by atoms with Gasteiger partial charge in [-0.05, 0) is 116 Å². The molecule has 0 fully saturated rings. The molecule has 0 aromatic heterocycles. The lowest BCUT2D eigenvalue weighted by Crippen LogP contribution is -2.37. The first-order valence-corrected chi connectivity index (χ1v) is 42.1. The third-order valence-electron chi connectivity index (χ3n) is 17.4. The molecule has 0 rings (SSSR count). The van der Waals surface area contributed by atoms with Gasteiger partial charge in [0.25, 0.3) is 0 Å². The molecule has 0 bridgehead atoms. The Labute approximate surface area is 605 Å². The Bertz CT molecular complexity index is 2170. The molecule has 0 saturated carbocycles. The largest absolute Gasteiger partial charge is 0.472 e. The average Bonchev–Trinajstić information content (AvgIpc) is 1.08. The number of ether oxygens (including phenoxy) is 2. The zero-order valence-electron chi connectivity index (χ0n) is 64.2. The molecule has 0 spiro atoms. The van der Waals surface area contributed by atoms with Crippen molar-refractivity contribution in [1.29, 1.82) is 0 Å². The van der Waals surface area contributed by atoms with Crippen molar-refractivity contribution in [3.63, 3.8) is 0 Å². The first-order chi connectivity index (χ1) is 48.0. The van der Waals surface area contributed by atoms with Crippen LogP contribution in [0.3, 0.4) is 0 Å². The Hall–Kier alpha value is -4.11. The number of phosphoric acid groups is 1. The maximum atomic E-state index is 12.9. The summed E-state index contributed by atoms with van der Waals surface area (Å²) in [5.41, 5.74) is 0. The molecule has 0 aliphatic rings. The molecule has 2 atom stereocenters. The highest BCUT2D eigenvalue weighted by molar-refractivity contribution is 7.47. The molecule has 0 saturated heterocycles. The highest BCUT2D eigenvalue weighted by Gasteiger charge is 2.27. The Morgan fingerprint density at radius 1 is 0.316 bits per heavy atom. The second kappa shape index (κ2) is 77.1. The highest BCUT2D eigenvalue weighted by Crippen LogP contribution is 2.43. The van der Waals surface area contributed by atoms with E-state index in [0.29, 0.717) is 17.4 Å². The first-order valence-electron chi connectivity index (χ1n) is 40.6. The van der Waals surface area contributed by atoms with E-state index in [0.717, 1.165) is 116 Å². The Balaban J connectivity index is 3.96. The fraction of sp³-hybridized carbons (Fsp3) is 0.705. The van der Waals surface area contributed by atoms with Gasteiger partial charge in [0.05, 0.1) is 27.7 Å². The molecule has 0 radical (unpaired) electrons. The van der Waals surface area contributed by atoms with E-state index in [1.807, 2.05) is 21.1 Å². The zero-order valence-corrected chi connectivity index (χ0v) is 65.1. The summed E-state index contributed by atoms with van der Waals surface area (Å²) >= 11 is 0. The van der Waals surface area contributed by atoms with E-state index in [4.69, 9.17) is 18.5 Å². The van der Waals surface area contributed by atoms with E-state index < -0.39 is 26.5 Å². The van der Waals surface area contributed by atoms with Crippen molar-refractivity contribution in [3.05, 3.63) is 146 Å². The van der Waals surface area contributed by atoms with Gasteiger partial charge >= 0.3 is 19.8 Å². The number of unbranched alkanes of at least 4 members (excludes halogenated alkanes) is 36. The number of likely N-dealkylation sites (N-methyl/N-ethyl adjacent to an activating group) is 1. The molecule has 1 N–H and O–H groups in total. The van der Waals surface area contributed by atoms with Crippen LogP contribution in [0.4, 0.5) is 0 Å². The molecule has 9 nitrogen and oxygen atoms in total. The van der Waals surface area contributed by atoms with Crippen LogP contribution in [0, 0.1) is 0 Å².